The van der Waals surface area contributed by atoms with Crippen LogP contribution < -0.4 is 16.2 Å². The molecule has 0 aliphatic carbocycles. The molecule has 0 fully saturated rings. The molecular formula is C11H14N4O3S. The largest absolute Gasteiger partial charge is 0.399 e. The number of nitrogens with zero attached hydrogens (tertiary/aromatic N) is 1. The number of anilines is 2. The van der Waals surface area contributed by atoms with Gasteiger partial charge in [0.2, 0.25) is 10.0 Å². The normalized spacial score (nSPS) is 11.5. The highest BCUT2D eigenvalue weighted by atomic mass is 32.2. The molecule has 0 unspecified atom stereocenters. The second-order valence-corrected chi connectivity index (χ2v) is 5.62. The maximum absolute atomic E-state index is 11.5. The number of nitrogen functional groups attached to an aromatic ring is 1. The number of nitrogens with two attached hydrogens (primary N) is 2. The Morgan fingerprint density at radius 3 is 2.68 bits per heavy atom. The van der Waals surface area contributed by atoms with Gasteiger partial charge in [-0.1, -0.05) is 5.16 Å². The van der Waals surface area contributed by atoms with Crippen molar-refractivity contribution in [3.05, 3.63) is 35.7 Å². The highest BCUT2D eigenvalue weighted by Gasteiger charge is 2.14. The minimum atomic E-state index is -3.84. The van der Waals surface area contributed by atoms with Crippen LogP contribution in [0.3, 0.4) is 0 Å². The molecule has 0 bridgehead atoms. The number of benzene rings is 1. The van der Waals surface area contributed by atoms with E-state index < -0.39 is 10.0 Å². The van der Waals surface area contributed by atoms with E-state index in [1.165, 1.54) is 6.07 Å². The van der Waals surface area contributed by atoms with Gasteiger partial charge in [-0.05, 0) is 25.1 Å². The molecular weight excluding hydrogens is 268 g/mol. The molecule has 1 aromatic carbocycles. The zero-order chi connectivity index (χ0) is 14.0. The summed E-state index contributed by atoms with van der Waals surface area (Å²) >= 11 is 0. The molecule has 1 aromatic heterocycles. The van der Waals surface area contributed by atoms with Crippen molar-refractivity contribution in [1.29, 1.82) is 0 Å². The molecule has 2 rings (SSSR count). The second-order valence-electron chi connectivity index (χ2n) is 4.09. The lowest BCUT2D eigenvalue weighted by molar-refractivity contribution is 0.384. The van der Waals surface area contributed by atoms with Crippen LogP contribution in [0.15, 0.2) is 33.7 Å². The Morgan fingerprint density at radius 1 is 1.37 bits per heavy atom. The van der Waals surface area contributed by atoms with Crippen LogP contribution in [0.25, 0.3) is 0 Å². The molecule has 0 amide bonds. The van der Waals surface area contributed by atoms with Crippen molar-refractivity contribution in [1.82, 2.24) is 5.16 Å². The predicted octanol–water partition coefficient (Wildman–Crippen LogP) is 0.825. The lowest BCUT2D eigenvalue weighted by atomic mass is 10.2. The highest BCUT2D eigenvalue weighted by Crippen LogP contribution is 2.23. The molecule has 8 heteroatoms. The summed E-state index contributed by atoms with van der Waals surface area (Å²) in [5, 5.41) is 11.8. The fourth-order valence-corrected chi connectivity index (χ4v) is 2.35. The molecule has 0 saturated carbocycles. The molecule has 102 valence electrons. The van der Waals surface area contributed by atoms with E-state index in [-0.39, 0.29) is 4.90 Å². The minimum absolute atomic E-state index is 0.0521. The van der Waals surface area contributed by atoms with Gasteiger partial charge in [-0.2, -0.15) is 0 Å². The second kappa shape index (κ2) is 4.90. The first-order valence-corrected chi connectivity index (χ1v) is 6.99. The smallest absolute Gasteiger partial charge is 0.240 e. The van der Waals surface area contributed by atoms with Gasteiger partial charge in [-0.25, -0.2) is 13.6 Å². The molecule has 0 aliphatic heterocycles. The van der Waals surface area contributed by atoms with Gasteiger partial charge in [-0.15, -0.1) is 0 Å². The van der Waals surface area contributed by atoms with Crippen LogP contribution in [0.2, 0.25) is 0 Å². The van der Waals surface area contributed by atoms with E-state index in [2.05, 4.69) is 10.5 Å². The van der Waals surface area contributed by atoms with Crippen molar-refractivity contribution in [3.8, 4) is 0 Å². The van der Waals surface area contributed by atoms with E-state index in [1.54, 1.807) is 25.1 Å². The number of rotatable bonds is 4. The van der Waals surface area contributed by atoms with Crippen molar-refractivity contribution >= 4 is 21.4 Å². The number of hydrogen-bond donors (Lipinski definition) is 3. The Bertz CT molecular complexity index is 694. The minimum Gasteiger partial charge on any atom is -0.399 e. The van der Waals surface area contributed by atoms with Gasteiger partial charge >= 0.3 is 0 Å². The third kappa shape index (κ3) is 3.24. The summed E-state index contributed by atoms with van der Waals surface area (Å²) in [5.41, 5.74) is 7.00. The average Bonchev–Trinajstić information content (AvgIpc) is 2.72. The molecule has 0 aliphatic rings. The van der Waals surface area contributed by atoms with Crippen LogP contribution in [-0.2, 0) is 16.6 Å². The van der Waals surface area contributed by atoms with Gasteiger partial charge in [0.15, 0.2) is 5.76 Å². The molecule has 0 spiro atoms. The van der Waals surface area contributed by atoms with Crippen molar-refractivity contribution in [2.24, 2.45) is 5.14 Å². The summed E-state index contributed by atoms with van der Waals surface area (Å²) in [6, 6.07) is 6.20. The Labute approximate surface area is 110 Å². The van der Waals surface area contributed by atoms with Crippen molar-refractivity contribution in [2.45, 2.75) is 18.4 Å². The number of sulfonamides is 1. The standard InChI is InChI=1S/C11H14N4O3S/c1-7-4-9(18-15-7)6-14-10-3-2-8(12)5-11(10)19(13,16)17/h2-5,14H,6,12H2,1H3,(H2,13,16,17). The first-order chi connectivity index (χ1) is 8.86. The molecule has 19 heavy (non-hydrogen) atoms. The lowest BCUT2D eigenvalue weighted by Gasteiger charge is -2.10. The summed E-state index contributed by atoms with van der Waals surface area (Å²) in [4.78, 5) is -0.0521. The van der Waals surface area contributed by atoms with E-state index in [4.69, 9.17) is 15.4 Å². The summed E-state index contributed by atoms with van der Waals surface area (Å²) in [6.45, 7) is 2.10. The number of aryl methyl sites for hydroxylation is 1. The molecule has 2 aromatic rings. The Kier molecular flexibility index (Phi) is 3.45. The molecule has 5 N–H and O–H groups in total. The number of primary sulfonamides is 1. The zero-order valence-corrected chi connectivity index (χ0v) is 11.1. The molecule has 7 nitrogen and oxygen atoms in total. The molecule has 1 heterocycles. The third-order valence-corrected chi connectivity index (χ3v) is 3.39. The number of hydrogen-bond acceptors (Lipinski definition) is 6. The van der Waals surface area contributed by atoms with Gasteiger partial charge < -0.3 is 15.6 Å². The van der Waals surface area contributed by atoms with Crippen LogP contribution >= 0.6 is 0 Å². The third-order valence-electron chi connectivity index (χ3n) is 2.44. The topological polar surface area (TPSA) is 124 Å². The van der Waals surface area contributed by atoms with Gasteiger partial charge in [0, 0.05) is 11.8 Å². The average molecular weight is 282 g/mol. The number of aromatic nitrogens is 1. The maximum atomic E-state index is 11.5. The maximum Gasteiger partial charge on any atom is 0.240 e. The molecule has 0 saturated heterocycles. The van der Waals surface area contributed by atoms with E-state index in [9.17, 15) is 8.42 Å². The fourth-order valence-electron chi connectivity index (χ4n) is 1.60. The first kappa shape index (κ1) is 13.4. The van der Waals surface area contributed by atoms with Crippen LogP contribution in [-0.4, -0.2) is 13.6 Å². The summed E-state index contributed by atoms with van der Waals surface area (Å²) in [6.07, 6.45) is 0. The monoisotopic (exact) mass is 282 g/mol. The van der Waals surface area contributed by atoms with Gasteiger partial charge in [-0.3, -0.25) is 0 Å². The quantitative estimate of drug-likeness (QED) is 0.713. The van der Waals surface area contributed by atoms with Crippen molar-refractivity contribution < 1.29 is 12.9 Å². The van der Waals surface area contributed by atoms with Crippen molar-refractivity contribution in [3.63, 3.8) is 0 Å². The summed E-state index contributed by atoms with van der Waals surface area (Å²) in [5.74, 6) is 0.592. The van der Waals surface area contributed by atoms with E-state index in [1.807, 2.05) is 0 Å². The molecule has 0 radical (unpaired) electrons. The van der Waals surface area contributed by atoms with Gasteiger partial charge in [0.05, 0.1) is 17.9 Å². The summed E-state index contributed by atoms with van der Waals surface area (Å²) in [7, 11) is -3.84. The predicted molar refractivity (Wildman–Crippen MR) is 70.8 cm³/mol. The van der Waals surface area contributed by atoms with Gasteiger partial charge in [0.1, 0.15) is 4.90 Å². The Hall–Kier alpha value is -2.06. The van der Waals surface area contributed by atoms with E-state index in [0.29, 0.717) is 23.7 Å². The molecule has 0 atom stereocenters. The first-order valence-electron chi connectivity index (χ1n) is 5.44. The highest BCUT2D eigenvalue weighted by molar-refractivity contribution is 7.89. The lowest BCUT2D eigenvalue weighted by Crippen LogP contribution is -2.15. The Morgan fingerprint density at radius 2 is 2.11 bits per heavy atom. The van der Waals surface area contributed by atoms with Crippen LogP contribution in [0.5, 0.6) is 0 Å². The van der Waals surface area contributed by atoms with Crippen LogP contribution in [0.4, 0.5) is 11.4 Å². The van der Waals surface area contributed by atoms with Crippen molar-refractivity contribution in [2.75, 3.05) is 11.1 Å². The fraction of sp³-hybridized carbons (Fsp3) is 0.182. The van der Waals surface area contributed by atoms with E-state index in [0.717, 1.165) is 5.69 Å². The Balaban J connectivity index is 2.25. The number of nitrogens with one attached hydrogen (secondary N) is 1. The van der Waals surface area contributed by atoms with Crippen LogP contribution in [0, 0.1) is 6.92 Å². The van der Waals surface area contributed by atoms with Crippen LogP contribution in [0.1, 0.15) is 11.5 Å². The zero-order valence-electron chi connectivity index (χ0n) is 10.3. The van der Waals surface area contributed by atoms with Gasteiger partial charge in [0.25, 0.3) is 0 Å². The summed E-state index contributed by atoms with van der Waals surface area (Å²) < 4.78 is 28.0. The SMILES string of the molecule is Cc1cc(CNc2ccc(N)cc2S(N)(=O)=O)on1. The van der Waals surface area contributed by atoms with E-state index >= 15 is 0 Å².